The van der Waals surface area contributed by atoms with E-state index in [2.05, 4.69) is 25.1 Å². The minimum Gasteiger partial charge on any atom is -0.464 e. The summed E-state index contributed by atoms with van der Waals surface area (Å²) in [6.45, 7) is 0. The number of aromatic nitrogens is 2. The Kier molecular flexibility index (Phi) is 8.03. The number of benzene rings is 3. The van der Waals surface area contributed by atoms with Crippen molar-refractivity contribution in [3.8, 4) is 0 Å². The van der Waals surface area contributed by atoms with E-state index in [0.29, 0.717) is 5.56 Å². The Morgan fingerprint density at radius 2 is 1.76 bits per heavy atom. The van der Waals surface area contributed by atoms with Gasteiger partial charge in [0.15, 0.2) is 11.5 Å². The molecule has 1 atom stereocenters. The molecule has 0 fully saturated rings. The van der Waals surface area contributed by atoms with Crippen LogP contribution in [-0.2, 0) is 19.1 Å². The van der Waals surface area contributed by atoms with E-state index in [1.165, 1.54) is 36.4 Å². The van der Waals surface area contributed by atoms with E-state index < -0.39 is 45.5 Å². The summed E-state index contributed by atoms with van der Waals surface area (Å²) in [5.41, 5.74) is -1.92. The van der Waals surface area contributed by atoms with Crippen LogP contribution >= 0.6 is 0 Å². The lowest BCUT2D eigenvalue weighted by molar-refractivity contribution is -0.384. The van der Waals surface area contributed by atoms with E-state index in [4.69, 9.17) is 5.84 Å². The molecule has 41 heavy (non-hydrogen) atoms. The second-order valence-corrected chi connectivity index (χ2v) is 8.44. The number of aromatic amines is 1. The van der Waals surface area contributed by atoms with Gasteiger partial charge in [0.2, 0.25) is 5.78 Å². The molecule has 1 aromatic heterocycles. The van der Waals surface area contributed by atoms with Gasteiger partial charge >= 0.3 is 5.97 Å². The molecule has 0 saturated carbocycles. The molecule has 0 spiro atoms. The third-order valence-electron chi connectivity index (χ3n) is 5.90. The van der Waals surface area contributed by atoms with E-state index >= 15 is 0 Å². The minimum absolute atomic E-state index is 0.100. The number of hydrogen-bond acceptors (Lipinski definition) is 11. The maximum absolute atomic E-state index is 13.3. The zero-order chi connectivity index (χ0) is 29.7. The summed E-state index contributed by atoms with van der Waals surface area (Å²) >= 11 is 0. The first kappa shape index (κ1) is 28.0. The summed E-state index contributed by atoms with van der Waals surface area (Å²) in [6.07, 6.45) is 0. The van der Waals surface area contributed by atoms with Crippen LogP contribution in [0, 0.1) is 10.1 Å². The number of H-pyrrole nitrogens is 1. The molecule has 0 aliphatic carbocycles. The van der Waals surface area contributed by atoms with Gasteiger partial charge in [-0.25, -0.2) is 9.78 Å². The van der Waals surface area contributed by atoms with Crippen molar-refractivity contribution < 1.29 is 28.8 Å². The molecule has 0 aliphatic heterocycles. The third-order valence-corrected chi connectivity index (χ3v) is 5.90. The second-order valence-electron chi connectivity index (χ2n) is 8.44. The number of hydrazone groups is 1. The van der Waals surface area contributed by atoms with E-state index in [1.54, 1.807) is 30.3 Å². The van der Waals surface area contributed by atoms with Crippen molar-refractivity contribution in [2.75, 3.05) is 12.4 Å². The van der Waals surface area contributed by atoms with Gasteiger partial charge in [-0.1, -0.05) is 36.4 Å². The average molecular weight is 556 g/mol. The maximum atomic E-state index is 13.3. The first-order chi connectivity index (χ1) is 19.6. The number of nitro groups is 1. The molecule has 0 saturated heterocycles. The van der Waals surface area contributed by atoms with E-state index in [9.17, 15) is 34.1 Å². The number of hydrogen-bond donors (Lipinski definition) is 3. The number of nitrogens with one attached hydrogen (secondary N) is 2. The molecule has 14 nitrogen and oxygen atoms in total. The predicted molar refractivity (Wildman–Crippen MR) is 145 cm³/mol. The van der Waals surface area contributed by atoms with Crippen LogP contribution in [0.4, 0.5) is 11.4 Å². The monoisotopic (exact) mass is 556 g/mol. The SMILES string of the molecule is COC(=O)/C(=N\N)C(C(=O)C(=O)Nc1cccc([N+](=O)[O-])c1)c1nc2ccc(C(=O)c3ccccc3)cc2[nH]c1=O. The molecule has 0 aliphatic rings. The fourth-order valence-corrected chi connectivity index (χ4v) is 3.94. The molecule has 14 heteroatoms. The number of nitro benzene ring substituents is 1. The number of rotatable bonds is 9. The number of nitrogens with two attached hydrogens (primary N) is 1. The van der Waals surface area contributed by atoms with Crippen LogP contribution < -0.4 is 16.7 Å². The molecule has 1 amide bonds. The van der Waals surface area contributed by atoms with Crippen LogP contribution in [0.25, 0.3) is 11.0 Å². The smallest absolute Gasteiger partial charge is 0.355 e. The number of Topliss-reactive ketones (excluding diaryl/α,β-unsaturated/α-hetero) is 1. The van der Waals surface area contributed by atoms with Crippen LogP contribution in [0.5, 0.6) is 0 Å². The quantitative estimate of drug-likeness (QED) is 0.0517. The standard InChI is InChI=1S/C27H20N6O8/c1-41-27(38)22(32-28)20(24(35)26(37)29-16-8-5-9-17(13-16)33(39)40)21-25(36)31-19-12-15(10-11-18(19)30-21)23(34)14-6-3-2-4-7-14/h2-13,20H,28H2,1H3,(H,29,37)(H,31,36)/b32-22-. The van der Waals surface area contributed by atoms with Crippen LogP contribution in [0.1, 0.15) is 27.5 Å². The molecule has 3 aromatic carbocycles. The number of esters is 1. The van der Waals surface area contributed by atoms with Crippen molar-refractivity contribution in [3.63, 3.8) is 0 Å². The van der Waals surface area contributed by atoms with Gasteiger partial charge in [0.1, 0.15) is 11.6 Å². The summed E-state index contributed by atoms with van der Waals surface area (Å²) < 4.78 is 4.62. The van der Waals surface area contributed by atoms with Crippen LogP contribution in [0.15, 0.2) is 82.7 Å². The van der Waals surface area contributed by atoms with Crippen molar-refractivity contribution in [1.29, 1.82) is 0 Å². The highest BCUT2D eigenvalue weighted by atomic mass is 16.6. The van der Waals surface area contributed by atoms with Crippen molar-refractivity contribution in [3.05, 3.63) is 110 Å². The molecular formula is C27H20N6O8. The Morgan fingerprint density at radius 1 is 1.02 bits per heavy atom. The summed E-state index contributed by atoms with van der Waals surface area (Å²) in [7, 11) is 0.974. The van der Waals surface area contributed by atoms with Gasteiger partial charge in [0, 0.05) is 28.9 Å². The summed E-state index contributed by atoms with van der Waals surface area (Å²) in [6, 6.07) is 17.4. The van der Waals surface area contributed by atoms with Crippen LogP contribution in [0.2, 0.25) is 0 Å². The van der Waals surface area contributed by atoms with Gasteiger partial charge < -0.3 is 20.9 Å². The van der Waals surface area contributed by atoms with Crippen LogP contribution in [0.3, 0.4) is 0 Å². The van der Waals surface area contributed by atoms with Gasteiger partial charge in [0.05, 0.1) is 23.1 Å². The molecule has 4 rings (SSSR count). The van der Waals surface area contributed by atoms with Crippen molar-refractivity contribution >= 4 is 51.6 Å². The fraction of sp³-hybridized carbons (Fsp3) is 0.0741. The van der Waals surface area contributed by atoms with Gasteiger partial charge in [-0.15, -0.1) is 0 Å². The van der Waals surface area contributed by atoms with Gasteiger partial charge in [0.25, 0.3) is 17.2 Å². The zero-order valence-electron chi connectivity index (χ0n) is 21.2. The van der Waals surface area contributed by atoms with Gasteiger partial charge in [-0.2, -0.15) is 5.10 Å². The predicted octanol–water partition coefficient (Wildman–Crippen LogP) is 1.84. The van der Waals surface area contributed by atoms with Crippen molar-refractivity contribution in [2.45, 2.75) is 5.92 Å². The molecule has 1 unspecified atom stereocenters. The minimum atomic E-state index is -2.01. The number of amides is 1. The summed E-state index contributed by atoms with van der Waals surface area (Å²) in [4.78, 5) is 81.7. The third kappa shape index (κ3) is 5.85. The van der Waals surface area contributed by atoms with Crippen molar-refractivity contribution in [1.82, 2.24) is 9.97 Å². The topological polar surface area (TPSA) is 217 Å². The molecule has 0 radical (unpaired) electrons. The number of carbonyl (C=O) groups is 4. The van der Waals surface area contributed by atoms with Crippen LogP contribution in [-0.4, -0.2) is 51.2 Å². The second kappa shape index (κ2) is 11.8. The van der Waals surface area contributed by atoms with E-state index in [-0.39, 0.29) is 33.8 Å². The van der Waals surface area contributed by atoms with E-state index in [1.807, 2.05) is 0 Å². The Balaban J connectivity index is 1.76. The lowest BCUT2D eigenvalue weighted by Crippen LogP contribution is -2.40. The lowest BCUT2D eigenvalue weighted by Gasteiger charge is -2.15. The summed E-state index contributed by atoms with van der Waals surface area (Å²) in [5.74, 6) is -0.896. The molecule has 4 aromatic rings. The molecular weight excluding hydrogens is 536 g/mol. The highest BCUT2D eigenvalue weighted by Crippen LogP contribution is 2.22. The number of carbonyl (C=O) groups excluding carboxylic acids is 4. The number of ether oxygens (including phenoxy) is 1. The average Bonchev–Trinajstić information content (AvgIpc) is 2.98. The summed E-state index contributed by atoms with van der Waals surface area (Å²) in [5, 5.41) is 16.5. The number of ketones is 2. The fourth-order valence-electron chi connectivity index (χ4n) is 3.94. The normalized spacial score (nSPS) is 11.9. The molecule has 0 bridgehead atoms. The Hall–Kier alpha value is -6.05. The Morgan fingerprint density at radius 3 is 2.41 bits per heavy atom. The van der Waals surface area contributed by atoms with Crippen molar-refractivity contribution in [2.24, 2.45) is 10.9 Å². The number of methoxy groups -OCH3 is 1. The Bertz CT molecular complexity index is 1800. The maximum Gasteiger partial charge on any atom is 0.355 e. The lowest BCUT2D eigenvalue weighted by atomic mass is 9.93. The van der Waals surface area contributed by atoms with Gasteiger partial charge in [-0.3, -0.25) is 29.3 Å². The van der Waals surface area contributed by atoms with Gasteiger partial charge in [-0.05, 0) is 24.3 Å². The molecule has 4 N–H and O–H groups in total. The highest BCUT2D eigenvalue weighted by molar-refractivity contribution is 6.53. The Labute approximate surface area is 230 Å². The highest BCUT2D eigenvalue weighted by Gasteiger charge is 2.39. The zero-order valence-corrected chi connectivity index (χ0v) is 21.2. The molecule has 1 heterocycles. The largest absolute Gasteiger partial charge is 0.464 e. The number of fused-ring (bicyclic) bond motifs is 1. The first-order valence-electron chi connectivity index (χ1n) is 11.7. The number of nitrogens with zero attached hydrogens (tertiary/aromatic N) is 3. The number of anilines is 1. The number of non-ortho nitro benzene ring substituents is 1. The van der Waals surface area contributed by atoms with E-state index in [0.717, 1.165) is 13.2 Å². The molecule has 206 valence electrons. The first-order valence-corrected chi connectivity index (χ1v) is 11.7.